The Morgan fingerprint density at radius 2 is 2.22 bits per heavy atom. The fraction of sp³-hybridized carbons (Fsp3) is 0.833. The maximum absolute atomic E-state index is 9.61. The van der Waals surface area contributed by atoms with Gasteiger partial charge in [0.25, 0.3) is 6.47 Å². The molecule has 0 rings (SSSR count). The standard InChI is InChI=1S/C6H13NO2/c1-7(2)4-3-5-9-6-8/h6H,3-5H2,1-2H3. The van der Waals surface area contributed by atoms with Crippen molar-refractivity contribution in [3.05, 3.63) is 0 Å². The molecule has 0 saturated heterocycles. The first-order chi connectivity index (χ1) is 4.27. The average molecular weight is 131 g/mol. The van der Waals surface area contributed by atoms with E-state index in [1.54, 1.807) is 0 Å². The fourth-order valence-corrected chi connectivity index (χ4v) is 0.512. The number of nitrogens with zero attached hydrogens (tertiary/aromatic N) is 1. The van der Waals surface area contributed by atoms with E-state index in [9.17, 15) is 4.79 Å². The Balaban J connectivity index is 2.82. The monoisotopic (exact) mass is 131 g/mol. The summed E-state index contributed by atoms with van der Waals surface area (Å²) in [6, 6.07) is 0. The smallest absolute Gasteiger partial charge is 0.293 e. The molecule has 0 spiro atoms. The molecule has 0 unspecified atom stereocenters. The minimum atomic E-state index is 0.482. The Morgan fingerprint density at radius 3 is 2.67 bits per heavy atom. The molecule has 0 aromatic carbocycles. The molecule has 0 bridgehead atoms. The van der Waals surface area contributed by atoms with Crippen molar-refractivity contribution >= 4 is 6.47 Å². The van der Waals surface area contributed by atoms with Gasteiger partial charge in [-0.05, 0) is 20.5 Å². The molecule has 0 N–H and O–H groups in total. The molecule has 0 aromatic rings. The van der Waals surface area contributed by atoms with Crippen LogP contribution in [-0.4, -0.2) is 38.6 Å². The van der Waals surface area contributed by atoms with Gasteiger partial charge >= 0.3 is 0 Å². The highest BCUT2D eigenvalue weighted by atomic mass is 16.5. The van der Waals surface area contributed by atoms with Crippen LogP contribution in [0.1, 0.15) is 6.42 Å². The van der Waals surface area contributed by atoms with Crippen molar-refractivity contribution in [3.8, 4) is 0 Å². The first-order valence-electron chi connectivity index (χ1n) is 2.97. The summed E-state index contributed by atoms with van der Waals surface area (Å²) < 4.78 is 4.48. The lowest BCUT2D eigenvalue weighted by Crippen LogP contribution is -2.14. The normalized spacial score (nSPS) is 9.67. The molecule has 0 aliphatic rings. The minimum absolute atomic E-state index is 0.482. The van der Waals surface area contributed by atoms with E-state index >= 15 is 0 Å². The second-order valence-corrected chi connectivity index (χ2v) is 2.12. The van der Waals surface area contributed by atoms with Crippen molar-refractivity contribution in [2.24, 2.45) is 0 Å². The predicted octanol–water partition coefficient (Wildman–Crippen LogP) is 0.111. The maximum Gasteiger partial charge on any atom is 0.293 e. The zero-order valence-corrected chi connectivity index (χ0v) is 5.96. The molecule has 0 fully saturated rings. The van der Waals surface area contributed by atoms with Crippen molar-refractivity contribution in [2.75, 3.05) is 27.2 Å². The molecular weight excluding hydrogens is 118 g/mol. The third-order valence-corrected chi connectivity index (χ3v) is 0.936. The Morgan fingerprint density at radius 1 is 1.56 bits per heavy atom. The molecule has 9 heavy (non-hydrogen) atoms. The van der Waals surface area contributed by atoms with Crippen LogP contribution in [0.4, 0.5) is 0 Å². The molecule has 0 heterocycles. The molecule has 0 amide bonds. The van der Waals surface area contributed by atoms with E-state index in [0.717, 1.165) is 13.0 Å². The van der Waals surface area contributed by atoms with E-state index in [4.69, 9.17) is 0 Å². The van der Waals surface area contributed by atoms with Crippen LogP contribution < -0.4 is 0 Å². The van der Waals surface area contributed by atoms with E-state index in [2.05, 4.69) is 4.74 Å². The second kappa shape index (κ2) is 5.56. The van der Waals surface area contributed by atoms with E-state index < -0.39 is 0 Å². The topological polar surface area (TPSA) is 29.5 Å². The SMILES string of the molecule is CN(C)CCCOC=O. The van der Waals surface area contributed by atoms with Gasteiger partial charge in [0.05, 0.1) is 6.61 Å². The molecule has 0 atom stereocenters. The molecular formula is C6H13NO2. The van der Waals surface area contributed by atoms with Crippen LogP contribution in [0.2, 0.25) is 0 Å². The van der Waals surface area contributed by atoms with Gasteiger partial charge in [0.2, 0.25) is 0 Å². The van der Waals surface area contributed by atoms with Crippen molar-refractivity contribution in [1.82, 2.24) is 4.90 Å². The zero-order chi connectivity index (χ0) is 7.11. The summed E-state index contributed by atoms with van der Waals surface area (Å²) in [5.74, 6) is 0. The number of hydrogen-bond donors (Lipinski definition) is 0. The van der Waals surface area contributed by atoms with Crippen molar-refractivity contribution in [1.29, 1.82) is 0 Å². The first-order valence-corrected chi connectivity index (χ1v) is 2.97. The first kappa shape index (κ1) is 8.43. The lowest BCUT2D eigenvalue weighted by Gasteiger charge is -2.06. The van der Waals surface area contributed by atoms with Gasteiger partial charge in [-0.15, -0.1) is 0 Å². The van der Waals surface area contributed by atoms with Crippen LogP contribution in [0.3, 0.4) is 0 Å². The summed E-state index contributed by atoms with van der Waals surface area (Å²) >= 11 is 0. The molecule has 0 radical (unpaired) electrons. The van der Waals surface area contributed by atoms with Crippen LogP contribution in [0.25, 0.3) is 0 Å². The van der Waals surface area contributed by atoms with Gasteiger partial charge in [-0.25, -0.2) is 0 Å². The van der Waals surface area contributed by atoms with Crippen molar-refractivity contribution < 1.29 is 9.53 Å². The molecule has 3 nitrogen and oxygen atoms in total. The number of carbonyl (C=O) groups is 1. The van der Waals surface area contributed by atoms with Gasteiger partial charge in [0, 0.05) is 6.54 Å². The van der Waals surface area contributed by atoms with Gasteiger partial charge in [-0.2, -0.15) is 0 Å². The molecule has 0 aliphatic heterocycles. The van der Waals surface area contributed by atoms with Gasteiger partial charge in [0.15, 0.2) is 0 Å². The Bertz CT molecular complexity index is 73.5. The summed E-state index contributed by atoms with van der Waals surface area (Å²) in [5, 5.41) is 0. The third-order valence-electron chi connectivity index (χ3n) is 0.936. The summed E-state index contributed by atoms with van der Waals surface area (Å²) in [6.07, 6.45) is 0.908. The highest BCUT2D eigenvalue weighted by Gasteiger charge is 1.88. The third kappa shape index (κ3) is 7.43. The lowest BCUT2D eigenvalue weighted by molar-refractivity contribution is -0.128. The maximum atomic E-state index is 9.61. The molecule has 0 aromatic heterocycles. The molecule has 3 heteroatoms. The van der Waals surface area contributed by atoms with E-state index in [1.807, 2.05) is 19.0 Å². The van der Waals surface area contributed by atoms with Gasteiger partial charge < -0.3 is 9.64 Å². The second-order valence-electron chi connectivity index (χ2n) is 2.12. The van der Waals surface area contributed by atoms with Crippen LogP contribution in [0.15, 0.2) is 0 Å². The summed E-state index contributed by atoms with van der Waals surface area (Å²) in [4.78, 5) is 11.7. The van der Waals surface area contributed by atoms with Crippen LogP contribution in [0, 0.1) is 0 Å². The average Bonchev–Trinajstić information content (AvgIpc) is 1.80. The van der Waals surface area contributed by atoms with Gasteiger partial charge in [0.1, 0.15) is 0 Å². The van der Waals surface area contributed by atoms with E-state index in [1.165, 1.54) is 0 Å². The van der Waals surface area contributed by atoms with Crippen LogP contribution in [0.5, 0.6) is 0 Å². The largest absolute Gasteiger partial charge is 0.468 e. The molecule has 0 aliphatic carbocycles. The lowest BCUT2D eigenvalue weighted by atomic mass is 10.4. The fourth-order valence-electron chi connectivity index (χ4n) is 0.512. The highest BCUT2D eigenvalue weighted by Crippen LogP contribution is 1.82. The Kier molecular flexibility index (Phi) is 5.21. The van der Waals surface area contributed by atoms with E-state index in [0.29, 0.717) is 13.1 Å². The number of ether oxygens (including phenoxy) is 1. The quantitative estimate of drug-likeness (QED) is 0.392. The van der Waals surface area contributed by atoms with Crippen molar-refractivity contribution in [3.63, 3.8) is 0 Å². The van der Waals surface area contributed by atoms with Crippen LogP contribution >= 0.6 is 0 Å². The number of rotatable bonds is 5. The number of carbonyl (C=O) groups excluding carboxylic acids is 1. The summed E-state index contributed by atoms with van der Waals surface area (Å²) in [7, 11) is 3.97. The molecule has 54 valence electrons. The Labute approximate surface area is 55.6 Å². The Hall–Kier alpha value is -0.570. The molecule has 0 saturated carbocycles. The minimum Gasteiger partial charge on any atom is -0.468 e. The summed E-state index contributed by atoms with van der Waals surface area (Å²) in [5.41, 5.74) is 0. The summed E-state index contributed by atoms with van der Waals surface area (Å²) in [6.45, 7) is 1.98. The predicted molar refractivity (Wildman–Crippen MR) is 35.2 cm³/mol. The van der Waals surface area contributed by atoms with Gasteiger partial charge in [-0.3, -0.25) is 4.79 Å². The highest BCUT2D eigenvalue weighted by molar-refractivity contribution is 5.36. The van der Waals surface area contributed by atoms with Gasteiger partial charge in [-0.1, -0.05) is 0 Å². The van der Waals surface area contributed by atoms with Crippen molar-refractivity contribution in [2.45, 2.75) is 6.42 Å². The number of hydrogen-bond acceptors (Lipinski definition) is 3. The van der Waals surface area contributed by atoms with E-state index in [-0.39, 0.29) is 0 Å². The zero-order valence-electron chi connectivity index (χ0n) is 5.96. The van der Waals surface area contributed by atoms with Crippen LogP contribution in [-0.2, 0) is 9.53 Å².